The van der Waals surface area contributed by atoms with Gasteiger partial charge in [-0.1, -0.05) is 96.0 Å². The molecular weight excluding hydrogens is 284 g/mol. The van der Waals surface area contributed by atoms with E-state index in [9.17, 15) is 9.90 Å². The molecule has 0 aromatic carbocycles. The molecule has 0 heterocycles. The second-order valence-electron chi connectivity index (χ2n) is 7.23. The molecule has 0 saturated carbocycles. The summed E-state index contributed by atoms with van der Waals surface area (Å²) >= 11 is 0. The van der Waals surface area contributed by atoms with Crippen molar-refractivity contribution in [2.24, 2.45) is 0 Å². The van der Waals surface area contributed by atoms with Crippen molar-refractivity contribution >= 4 is 5.97 Å². The molecular formula is C21H38O2. The van der Waals surface area contributed by atoms with Gasteiger partial charge in [0.1, 0.15) is 0 Å². The number of carbonyl (C=O) groups is 1. The number of hydrogen-bond donors (Lipinski definition) is 1. The summed E-state index contributed by atoms with van der Waals surface area (Å²) in [6.45, 7) is 0. The summed E-state index contributed by atoms with van der Waals surface area (Å²) in [6.07, 6.45) is 24.8. The lowest BCUT2D eigenvalue weighted by Crippen LogP contribution is -2.00. The van der Waals surface area contributed by atoms with Gasteiger partial charge in [0.2, 0.25) is 0 Å². The van der Waals surface area contributed by atoms with Crippen LogP contribution in [0, 0.1) is 0 Å². The molecule has 2 heteroatoms. The van der Waals surface area contributed by atoms with E-state index in [0.29, 0.717) is 5.57 Å². The predicted octanol–water partition coefficient (Wildman–Crippen LogP) is 7.03. The zero-order valence-electron chi connectivity index (χ0n) is 15.2. The Balaban J connectivity index is 2.29. The standard InChI is InChI=1S/C21H38O2/c22-21(23)20-18-16-14-12-10-8-6-4-2-1-3-5-7-9-11-13-15-17-19-20/h18H,1-17,19H2,(H,22,23)/b20-18+. The molecule has 0 atom stereocenters. The Labute approximate surface area is 143 Å². The summed E-state index contributed by atoms with van der Waals surface area (Å²) < 4.78 is 0. The second kappa shape index (κ2) is 14.8. The topological polar surface area (TPSA) is 37.3 Å². The largest absolute Gasteiger partial charge is 0.478 e. The first-order chi connectivity index (χ1) is 11.3. The van der Waals surface area contributed by atoms with E-state index in [1.807, 2.05) is 6.08 Å². The quantitative estimate of drug-likeness (QED) is 0.562. The third kappa shape index (κ3) is 12.3. The summed E-state index contributed by atoms with van der Waals surface area (Å²) in [5.41, 5.74) is 0.652. The fourth-order valence-corrected chi connectivity index (χ4v) is 3.51. The lowest BCUT2D eigenvalue weighted by atomic mass is 10.0. The normalized spacial score (nSPS) is 24.3. The number of aliphatic carboxylic acids is 1. The number of allylic oxidation sites excluding steroid dienone is 1. The minimum atomic E-state index is -0.702. The Hall–Kier alpha value is -0.790. The summed E-state index contributed by atoms with van der Waals surface area (Å²) in [6, 6.07) is 0. The van der Waals surface area contributed by atoms with Crippen molar-refractivity contribution in [3.63, 3.8) is 0 Å². The highest BCUT2D eigenvalue weighted by Crippen LogP contribution is 2.17. The number of carboxylic acids is 1. The lowest BCUT2D eigenvalue weighted by Gasteiger charge is -2.06. The molecule has 0 saturated heterocycles. The number of rotatable bonds is 1. The fourth-order valence-electron chi connectivity index (χ4n) is 3.51. The first-order valence-electron chi connectivity index (χ1n) is 10.2. The van der Waals surface area contributed by atoms with Crippen LogP contribution in [-0.2, 0) is 4.79 Å². The molecule has 0 bridgehead atoms. The maximum absolute atomic E-state index is 11.3. The lowest BCUT2D eigenvalue weighted by molar-refractivity contribution is -0.132. The highest BCUT2D eigenvalue weighted by atomic mass is 16.4. The van der Waals surface area contributed by atoms with E-state index < -0.39 is 5.97 Å². The van der Waals surface area contributed by atoms with Crippen molar-refractivity contribution < 1.29 is 9.90 Å². The van der Waals surface area contributed by atoms with E-state index in [1.54, 1.807) is 0 Å². The van der Waals surface area contributed by atoms with Crippen molar-refractivity contribution in [1.29, 1.82) is 0 Å². The fraction of sp³-hybridized carbons (Fsp3) is 0.857. The molecule has 0 unspecified atom stereocenters. The van der Waals surface area contributed by atoms with Gasteiger partial charge in [-0.2, -0.15) is 0 Å². The summed E-state index contributed by atoms with van der Waals surface area (Å²) in [5.74, 6) is -0.702. The molecule has 0 radical (unpaired) electrons. The van der Waals surface area contributed by atoms with Crippen LogP contribution in [0.5, 0.6) is 0 Å². The highest BCUT2D eigenvalue weighted by molar-refractivity contribution is 5.86. The van der Waals surface area contributed by atoms with Gasteiger partial charge in [0, 0.05) is 5.57 Å². The van der Waals surface area contributed by atoms with Gasteiger partial charge in [0.25, 0.3) is 0 Å². The SMILES string of the molecule is O=C(O)/C1=C/CCCCCCCCCCCCCCCCCC1. The summed E-state index contributed by atoms with van der Waals surface area (Å²) in [4.78, 5) is 11.3. The van der Waals surface area contributed by atoms with Gasteiger partial charge >= 0.3 is 5.97 Å². The zero-order valence-corrected chi connectivity index (χ0v) is 15.2. The maximum Gasteiger partial charge on any atom is 0.331 e. The van der Waals surface area contributed by atoms with E-state index in [4.69, 9.17) is 0 Å². The Bertz CT molecular complexity index is 320. The molecule has 0 aromatic rings. The molecule has 2 nitrogen and oxygen atoms in total. The monoisotopic (exact) mass is 322 g/mol. The van der Waals surface area contributed by atoms with Crippen LogP contribution in [0.2, 0.25) is 0 Å². The van der Waals surface area contributed by atoms with Crippen molar-refractivity contribution in [2.75, 3.05) is 0 Å². The molecule has 0 aromatic heterocycles. The van der Waals surface area contributed by atoms with E-state index in [2.05, 4.69) is 0 Å². The van der Waals surface area contributed by atoms with E-state index in [0.717, 1.165) is 25.7 Å². The number of carboxylic acid groups (broad SMARTS) is 1. The molecule has 0 amide bonds. The van der Waals surface area contributed by atoms with Crippen LogP contribution in [0.4, 0.5) is 0 Å². The van der Waals surface area contributed by atoms with E-state index in [-0.39, 0.29) is 0 Å². The van der Waals surface area contributed by atoms with Crippen molar-refractivity contribution in [1.82, 2.24) is 0 Å². The van der Waals surface area contributed by atoms with Gasteiger partial charge in [0.05, 0.1) is 0 Å². The second-order valence-corrected chi connectivity index (χ2v) is 7.23. The van der Waals surface area contributed by atoms with Crippen LogP contribution in [0.1, 0.15) is 116 Å². The van der Waals surface area contributed by atoms with Crippen LogP contribution in [0.25, 0.3) is 0 Å². The first-order valence-corrected chi connectivity index (χ1v) is 10.2. The Morgan fingerprint density at radius 3 is 1.35 bits per heavy atom. The van der Waals surface area contributed by atoms with Gasteiger partial charge in [0.15, 0.2) is 0 Å². The Morgan fingerprint density at radius 1 is 0.609 bits per heavy atom. The zero-order chi connectivity index (χ0) is 16.6. The third-order valence-electron chi connectivity index (χ3n) is 5.07. The predicted molar refractivity (Wildman–Crippen MR) is 98.8 cm³/mol. The molecule has 0 fully saturated rings. The van der Waals surface area contributed by atoms with Gasteiger partial charge in [-0.05, 0) is 25.7 Å². The molecule has 1 aliphatic rings. The first kappa shape index (κ1) is 20.3. The van der Waals surface area contributed by atoms with Crippen molar-refractivity contribution in [2.45, 2.75) is 116 Å². The van der Waals surface area contributed by atoms with E-state index in [1.165, 1.54) is 89.9 Å². The maximum atomic E-state index is 11.3. The molecule has 0 aliphatic heterocycles. The molecule has 134 valence electrons. The smallest absolute Gasteiger partial charge is 0.331 e. The Kier molecular flexibility index (Phi) is 13.0. The molecule has 0 spiro atoms. The molecule has 1 rings (SSSR count). The van der Waals surface area contributed by atoms with Crippen LogP contribution in [-0.4, -0.2) is 11.1 Å². The van der Waals surface area contributed by atoms with Crippen LogP contribution >= 0.6 is 0 Å². The van der Waals surface area contributed by atoms with Gasteiger partial charge in [-0.15, -0.1) is 0 Å². The summed E-state index contributed by atoms with van der Waals surface area (Å²) in [7, 11) is 0. The van der Waals surface area contributed by atoms with E-state index >= 15 is 0 Å². The third-order valence-corrected chi connectivity index (χ3v) is 5.07. The van der Waals surface area contributed by atoms with Crippen LogP contribution < -0.4 is 0 Å². The van der Waals surface area contributed by atoms with Crippen molar-refractivity contribution in [3.05, 3.63) is 11.6 Å². The van der Waals surface area contributed by atoms with Gasteiger partial charge < -0.3 is 5.11 Å². The van der Waals surface area contributed by atoms with Crippen LogP contribution in [0.3, 0.4) is 0 Å². The minimum Gasteiger partial charge on any atom is -0.478 e. The summed E-state index contributed by atoms with van der Waals surface area (Å²) in [5, 5.41) is 9.28. The average molecular weight is 323 g/mol. The molecule has 1 aliphatic carbocycles. The van der Waals surface area contributed by atoms with Crippen LogP contribution in [0.15, 0.2) is 11.6 Å². The molecule has 1 N–H and O–H groups in total. The van der Waals surface area contributed by atoms with Gasteiger partial charge in [-0.25, -0.2) is 4.79 Å². The minimum absolute atomic E-state index is 0.652. The average Bonchev–Trinajstić information content (AvgIpc) is 2.53. The van der Waals surface area contributed by atoms with Gasteiger partial charge in [-0.3, -0.25) is 0 Å². The van der Waals surface area contributed by atoms with Crippen molar-refractivity contribution in [3.8, 4) is 0 Å². The highest BCUT2D eigenvalue weighted by Gasteiger charge is 2.06. The Morgan fingerprint density at radius 2 is 0.957 bits per heavy atom. The molecule has 23 heavy (non-hydrogen) atoms. The number of hydrogen-bond acceptors (Lipinski definition) is 1.